The number of sulfone groups is 1. The average Bonchev–Trinajstić information content (AvgIpc) is 3.24. The number of oxazole rings is 1. The van der Waals surface area contributed by atoms with Crippen LogP contribution in [0.5, 0.6) is 5.75 Å². The molecule has 4 aromatic rings. The highest BCUT2D eigenvalue weighted by molar-refractivity contribution is 7.91. The molecule has 0 aliphatic rings. The third-order valence-corrected chi connectivity index (χ3v) is 6.20. The van der Waals surface area contributed by atoms with Crippen molar-refractivity contribution in [2.75, 3.05) is 12.4 Å². The zero-order valence-electron chi connectivity index (χ0n) is 16.3. The molecular formula is C23H20N2O4S. The highest BCUT2D eigenvalue weighted by Gasteiger charge is 2.28. The third-order valence-electron chi connectivity index (χ3n) is 4.52. The zero-order chi connectivity index (χ0) is 21.0. The summed E-state index contributed by atoms with van der Waals surface area (Å²) >= 11 is 0. The highest BCUT2D eigenvalue weighted by atomic mass is 32.2. The summed E-state index contributed by atoms with van der Waals surface area (Å²) in [7, 11) is -2.31. The predicted octanol–water partition coefficient (Wildman–Crippen LogP) is 4.80. The van der Waals surface area contributed by atoms with Crippen LogP contribution in [0.15, 0.2) is 99.3 Å². The van der Waals surface area contributed by atoms with E-state index in [4.69, 9.17) is 9.15 Å². The molecule has 1 aromatic heterocycles. The van der Waals surface area contributed by atoms with Crippen LogP contribution in [0.4, 0.5) is 5.88 Å². The molecule has 6 nitrogen and oxygen atoms in total. The van der Waals surface area contributed by atoms with E-state index in [1.54, 1.807) is 49.6 Å². The van der Waals surface area contributed by atoms with Crippen molar-refractivity contribution < 1.29 is 17.6 Å². The number of benzene rings is 3. The van der Waals surface area contributed by atoms with Gasteiger partial charge in [-0.15, -0.1) is 0 Å². The van der Waals surface area contributed by atoms with E-state index in [9.17, 15) is 8.42 Å². The molecule has 3 aromatic carbocycles. The number of hydrogen-bond donors (Lipinski definition) is 1. The van der Waals surface area contributed by atoms with Gasteiger partial charge in [-0.2, -0.15) is 4.98 Å². The second-order valence-corrected chi connectivity index (χ2v) is 8.41. The van der Waals surface area contributed by atoms with Gasteiger partial charge in [0.25, 0.3) is 0 Å². The molecule has 0 radical (unpaired) electrons. The molecule has 0 saturated heterocycles. The van der Waals surface area contributed by atoms with Crippen molar-refractivity contribution in [3.63, 3.8) is 0 Å². The van der Waals surface area contributed by atoms with Gasteiger partial charge in [-0.3, -0.25) is 0 Å². The van der Waals surface area contributed by atoms with Crippen LogP contribution in [0.25, 0.3) is 11.5 Å². The Labute approximate surface area is 175 Å². The van der Waals surface area contributed by atoms with Gasteiger partial charge in [-0.25, -0.2) is 8.42 Å². The Morgan fingerprint density at radius 2 is 1.63 bits per heavy atom. The topological polar surface area (TPSA) is 81.4 Å². The van der Waals surface area contributed by atoms with E-state index < -0.39 is 9.84 Å². The predicted molar refractivity (Wildman–Crippen MR) is 114 cm³/mol. The summed E-state index contributed by atoms with van der Waals surface area (Å²) in [5, 5.41) is 2.93. The lowest BCUT2D eigenvalue weighted by molar-refractivity contribution is 0.415. The Morgan fingerprint density at radius 1 is 0.933 bits per heavy atom. The van der Waals surface area contributed by atoms with Gasteiger partial charge in [0.1, 0.15) is 5.75 Å². The van der Waals surface area contributed by atoms with Gasteiger partial charge >= 0.3 is 0 Å². The standard InChI is InChI=1S/C23H20N2O4S/c1-28-19-12-8-11-18(15-19)21-25-23(30(26,27)20-13-6-3-7-14-20)22(29-21)24-16-17-9-4-2-5-10-17/h2-15,24H,16H2,1H3. The van der Waals surface area contributed by atoms with Gasteiger partial charge < -0.3 is 14.5 Å². The maximum Gasteiger partial charge on any atom is 0.234 e. The van der Waals surface area contributed by atoms with Crippen molar-refractivity contribution in [2.24, 2.45) is 0 Å². The monoisotopic (exact) mass is 420 g/mol. The minimum Gasteiger partial charge on any atom is -0.497 e. The Hall–Kier alpha value is -3.58. The lowest BCUT2D eigenvalue weighted by atomic mass is 10.2. The lowest BCUT2D eigenvalue weighted by Crippen LogP contribution is -2.07. The van der Waals surface area contributed by atoms with Gasteiger partial charge in [-0.1, -0.05) is 54.6 Å². The zero-order valence-corrected chi connectivity index (χ0v) is 17.1. The smallest absolute Gasteiger partial charge is 0.234 e. The first kappa shape index (κ1) is 19.7. The number of nitrogens with zero attached hydrogens (tertiary/aromatic N) is 1. The van der Waals surface area contributed by atoms with Gasteiger partial charge in [-0.05, 0) is 35.9 Å². The summed E-state index contributed by atoms with van der Waals surface area (Å²) < 4.78 is 37.6. The molecule has 0 aliphatic heterocycles. The van der Waals surface area contributed by atoms with E-state index in [2.05, 4.69) is 10.3 Å². The fourth-order valence-corrected chi connectivity index (χ4v) is 4.27. The van der Waals surface area contributed by atoms with Gasteiger partial charge in [0.2, 0.25) is 26.6 Å². The number of rotatable bonds is 7. The largest absolute Gasteiger partial charge is 0.497 e. The molecule has 152 valence electrons. The fraction of sp³-hybridized carbons (Fsp3) is 0.0870. The first-order valence-corrected chi connectivity index (χ1v) is 10.8. The minimum absolute atomic E-state index is 0.0977. The SMILES string of the molecule is COc1cccc(-c2nc(S(=O)(=O)c3ccccc3)c(NCc3ccccc3)o2)c1. The van der Waals surface area contributed by atoms with Crippen molar-refractivity contribution in [2.45, 2.75) is 16.5 Å². The summed E-state index contributed by atoms with van der Waals surface area (Å²) in [6.45, 7) is 0.394. The maximum atomic E-state index is 13.2. The van der Waals surface area contributed by atoms with E-state index in [0.29, 0.717) is 17.9 Å². The molecule has 1 heterocycles. The molecular weight excluding hydrogens is 400 g/mol. The Bertz CT molecular complexity index is 1240. The molecule has 0 aliphatic carbocycles. The number of anilines is 1. The molecule has 7 heteroatoms. The normalized spacial score (nSPS) is 11.2. The van der Waals surface area contributed by atoms with E-state index in [1.165, 1.54) is 12.1 Å². The lowest BCUT2D eigenvalue weighted by Gasteiger charge is -2.06. The van der Waals surface area contributed by atoms with Crippen LogP contribution >= 0.6 is 0 Å². The third kappa shape index (κ3) is 4.06. The molecule has 0 fully saturated rings. The van der Waals surface area contributed by atoms with E-state index in [0.717, 1.165) is 5.56 Å². The summed E-state index contributed by atoms with van der Waals surface area (Å²) in [6.07, 6.45) is 0. The van der Waals surface area contributed by atoms with E-state index in [-0.39, 0.29) is 21.7 Å². The van der Waals surface area contributed by atoms with E-state index >= 15 is 0 Å². The number of hydrogen-bond acceptors (Lipinski definition) is 6. The number of methoxy groups -OCH3 is 1. The quantitative estimate of drug-likeness (QED) is 0.463. The van der Waals surface area contributed by atoms with Crippen LogP contribution in [-0.4, -0.2) is 20.5 Å². The van der Waals surface area contributed by atoms with Crippen molar-refractivity contribution >= 4 is 15.7 Å². The summed E-state index contributed by atoms with van der Waals surface area (Å²) in [6, 6.07) is 24.9. The first-order valence-electron chi connectivity index (χ1n) is 9.31. The molecule has 0 saturated carbocycles. The summed E-state index contributed by atoms with van der Waals surface area (Å²) in [5.41, 5.74) is 1.60. The van der Waals surface area contributed by atoms with Gasteiger partial charge in [0, 0.05) is 12.1 Å². The van der Waals surface area contributed by atoms with Gasteiger partial charge in [0.15, 0.2) is 0 Å². The number of aromatic nitrogens is 1. The molecule has 0 spiro atoms. The summed E-state index contributed by atoms with van der Waals surface area (Å²) in [5.74, 6) is 0.913. The van der Waals surface area contributed by atoms with Crippen LogP contribution < -0.4 is 10.1 Å². The molecule has 0 unspecified atom stereocenters. The van der Waals surface area contributed by atoms with Crippen LogP contribution in [0.2, 0.25) is 0 Å². The second-order valence-electron chi connectivity index (χ2n) is 6.54. The molecule has 4 rings (SSSR count). The molecule has 0 bridgehead atoms. The van der Waals surface area contributed by atoms with Crippen LogP contribution in [0.3, 0.4) is 0 Å². The average molecular weight is 420 g/mol. The molecule has 0 amide bonds. The van der Waals surface area contributed by atoms with Gasteiger partial charge in [0.05, 0.1) is 12.0 Å². The van der Waals surface area contributed by atoms with Crippen LogP contribution in [0.1, 0.15) is 5.56 Å². The van der Waals surface area contributed by atoms with Crippen molar-refractivity contribution in [3.8, 4) is 17.2 Å². The Balaban J connectivity index is 1.77. The summed E-state index contributed by atoms with van der Waals surface area (Å²) in [4.78, 5) is 4.49. The Kier molecular flexibility index (Phi) is 5.54. The first-order chi connectivity index (χ1) is 14.6. The maximum absolute atomic E-state index is 13.2. The molecule has 1 N–H and O–H groups in total. The van der Waals surface area contributed by atoms with Crippen LogP contribution in [0, 0.1) is 0 Å². The second kappa shape index (κ2) is 8.42. The van der Waals surface area contributed by atoms with Crippen molar-refractivity contribution in [1.29, 1.82) is 0 Å². The molecule has 0 atom stereocenters. The molecule has 30 heavy (non-hydrogen) atoms. The number of nitrogens with one attached hydrogen (secondary N) is 1. The fourth-order valence-electron chi connectivity index (χ4n) is 2.97. The van der Waals surface area contributed by atoms with E-state index in [1.807, 2.05) is 30.3 Å². The minimum atomic E-state index is -3.88. The Morgan fingerprint density at radius 3 is 2.33 bits per heavy atom. The highest BCUT2D eigenvalue weighted by Crippen LogP contribution is 2.33. The van der Waals surface area contributed by atoms with Crippen molar-refractivity contribution in [3.05, 3.63) is 90.5 Å². The van der Waals surface area contributed by atoms with Crippen LogP contribution in [-0.2, 0) is 16.4 Å². The number of ether oxygens (including phenoxy) is 1. The van der Waals surface area contributed by atoms with Crippen molar-refractivity contribution in [1.82, 2.24) is 4.98 Å².